The van der Waals surface area contributed by atoms with Crippen molar-refractivity contribution in [2.24, 2.45) is 0 Å². The van der Waals surface area contributed by atoms with Crippen LogP contribution in [-0.2, 0) is 5.41 Å². The summed E-state index contributed by atoms with van der Waals surface area (Å²) in [4.78, 5) is 16.1. The van der Waals surface area contributed by atoms with Crippen molar-refractivity contribution in [2.45, 2.75) is 5.41 Å². The van der Waals surface area contributed by atoms with Gasteiger partial charge >= 0.3 is 0 Å². The Morgan fingerprint density at radius 3 is 1.56 bits per heavy atom. The monoisotopic (exact) mass is 807 g/mol. The SMILES string of the molecule is c1ccc(-c2cc(-c3nc(-c4ccccc4)nc(-c4cccc5c4-c4ccccc4C5(c4ccccc4)c4ccccc4)n3)cc(-c3cccc4c3sc3ccccc34)c2)cc1. The number of thiophene rings is 1. The third-order valence-corrected chi connectivity index (χ3v) is 13.6. The summed E-state index contributed by atoms with van der Waals surface area (Å²) < 4.78 is 2.55. The molecule has 0 unspecified atom stereocenters. The second-order valence-electron chi connectivity index (χ2n) is 15.9. The third-order valence-electron chi connectivity index (χ3n) is 12.4. The quantitative estimate of drug-likeness (QED) is 0.161. The molecule has 0 saturated heterocycles. The van der Waals surface area contributed by atoms with Crippen molar-refractivity contribution in [3.8, 4) is 67.5 Å². The first-order chi connectivity index (χ1) is 30.7. The van der Waals surface area contributed by atoms with E-state index in [2.05, 4.69) is 206 Å². The predicted octanol–water partition coefficient (Wildman–Crippen LogP) is 14.9. The van der Waals surface area contributed by atoms with Crippen molar-refractivity contribution in [1.29, 1.82) is 0 Å². The van der Waals surface area contributed by atoms with E-state index in [0.29, 0.717) is 17.5 Å². The zero-order valence-corrected chi connectivity index (χ0v) is 34.4. The Bertz CT molecular complexity index is 3410. The fourth-order valence-corrected chi connectivity index (χ4v) is 10.9. The highest BCUT2D eigenvalue weighted by molar-refractivity contribution is 7.26. The molecule has 9 aromatic carbocycles. The number of rotatable bonds is 7. The van der Waals surface area contributed by atoms with Crippen molar-refractivity contribution in [3.63, 3.8) is 0 Å². The number of benzene rings is 9. The van der Waals surface area contributed by atoms with Crippen molar-refractivity contribution < 1.29 is 0 Å². The zero-order chi connectivity index (χ0) is 41.0. The zero-order valence-electron chi connectivity index (χ0n) is 33.6. The minimum atomic E-state index is -0.547. The van der Waals surface area contributed by atoms with Crippen LogP contribution < -0.4 is 0 Å². The lowest BCUT2D eigenvalue weighted by Crippen LogP contribution is -2.28. The van der Waals surface area contributed by atoms with Gasteiger partial charge in [0.2, 0.25) is 0 Å². The molecule has 290 valence electrons. The van der Waals surface area contributed by atoms with E-state index >= 15 is 0 Å². The van der Waals surface area contributed by atoms with E-state index in [-0.39, 0.29) is 0 Å². The fourth-order valence-electron chi connectivity index (χ4n) is 9.71. The number of hydrogen-bond donors (Lipinski definition) is 0. The lowest BCUT2D eigenvalue weighted by Gasteiger charge is -2.33. The molecule has 0 atom stereocenters. The highest BCUT2D eigenvalue weighted by Crippen LogP contribution is 2.58. The normalized spacial score (nSPS) is 12.6. The molecule has 2 heterocycles. The summed E-state index contributed by atoms with van der Waals surface area (Å²) in [6, 6.07) is 80.4. The van der Waals surface area contributed by atoms with Crippen LogP contribution >= 0.6 is 11.3 Å². The molecular formula is C58H37N3S. The number of nitrogens with zero attached hydrogens (tertiary/aromatic N) is 3. The highest BCUT2D eigenvalue weighted by Gasteiger charge is 2.47. The molecule has 1 aliphatic carbocycles. The maximum Gasteiger partial charge on any atom is 0.164 e. The predicted molar refractivity (Wildman–Crippen MR) is 257 cm³/mol. The summed E-state index contributed by atoms with van der Waals surface area (Å²) in [6.07, 6.45) is 0. The molecule has 0 bridgehead atoms. The number of aromatic nitrogens is 3. The van der Waals surface area contributed by atoms with Crippen LogP contribution in [0.25, 0.3) is 87.7 Å². The molecule has 62 heavy (non-hydrogen) atoms. The van der Waals surface area contributed by atoms with Crippen LogP contribution in [0, 0.1) is 0 Å². The summed E-state index contributed by atoms with van der Waals surface area (Å²) in [7, 11) is 0. The molecular weight excluding hydrogens is 771 g/mol. The van der Waals surface area contributed by atoms with Crippen LogP contribution in [0.2, 0.25) is 0 Å². The summed E-state index contributed by atoms with van der Waals surface area (Å²) in [5.41, 5.74) is 14.0. The molecule has 11 aromatic rings. The minimum absolute atomic E-state index is 0.547. The number of hydrogen-bond acceptors (Lipinski definition) is 4. The molecule has 0 N–H and O–H groups in total. The van der Waals surface area contributed by atoms with Crippen molar-refractivity contribution in [1.82, 2.24) is 15.0 Å². The van der Waals surface area contributed by atoms with Crippen LogP contribution in [0.5, 0.6) is 0 Å². The maximum atomic E-state index is 5.49. The summed E-state index contributed by atoms with van der Waals surface area (Å²) in [5, 5.41) is 2.55. The van der Waals surface area contributed by atoms with Crippen LogP contribution in [0.15, 0.2) is 224 Å². The Labute approximate surface area is 364 Å². The molecule has 0 saturated carbocycles. The number of fused-ring (bicyclic) bond motifs is 6. The Kier molecular flexibility index (Phi) is 8.58. The van der Waals surface area contributed by atoms with E-state index in [9.17, 15) is 0 Å². The summed E-state index contributed by atoms with van der Waals surface area (Å²) >= 11 is 1.85. The van der Waals surface area contributed by atoms with E-state index in [1.54, 1.807) is 0 Å². The molecule has 0 radical (unpaired) electrons. The highest BCUT2D eigenvalue weighted by atomic mass is 32.1. The van der Waals surface area contributed by atoms with Gasteiger partial charge in [0.05, 0.1) is 5.41 Å². The molecule has 0 amide bonds. The molecule has 0 spiro atoms. The average Bonchev–Trinajstić information content (AvgIpc) is 3.89. The first kappa shape index (κ1) is 36.1. The van der Waals surface area contributed by atoms with Gasteiger partial charge in [-0.3, -0.25) is 0 Å². The maximum absolute atomic E-state index is 5.49. The molecule has 0 aliphatic heterocycles. The van der Waals surface area contributed by atoms with Crippen molar-refractivity contribution >= 4 is 31.5 Å². The average molecular weight is 808 g/mol. The molecule has 4 heteroatoms. The second-order valence-corrected chi connectivity index (χ2v) is 16.9. The van der Waals surface area contributed by atoms with Crippen molar-refractivity contribution in [2.75, 3.05) is 0 Å². The first-order valence-corrected chi connectivity index (χ1v) is 21.8. The van der Waals surface area contributed by atoms with Gasteiger partial charge in [0.25, 0.3) is 0 Å². The van der Waals surface area contributed by atoms with Crippen LogP contribution in [0.1, 0.15) is 22.3 Å². The summed E-state index contributed by atoms with van der Waals surface area (Å²) in [5.74, 6) is 1.89. The van der Waals surface area contributed by atoms with Crippen molar-refractivity contribution in [3.05, 3.63) is 247 Å². The van der Waals surface area contributed by atoms with Gasteiger partial charge in [-0.15, -0.1) is 11.3 Å². The first-order valence-electron chi connectivity index (χ1n) is 21.0. The van der Waals surface area contributed by atoms with Crippen LogP contribution in [-0.4, -0.2) is 15.0 Å². The Hall–Kier alpha value is -7.79. The lowest BCUT2D eigenvalue weighted by atomic mass is 9.67. The van der Waals surface area contributed by atoms with Crippen LogP contribution in [0.4, 0.5) is 0 Å². The van der Waals surface area contributed by atoms with E-state index in [0.717, 1.165) is 38.9 Å². The fraction of sp³-hybridized carbons (Fsp3) is 0.0172. The molecule has 12 rings (SSSR count). The van der Waals surface area contributed by atoms with Gasteiger partial charge in [-0.1, -0.05) is 200 Å². The van der Waals surface area contributed by atoms with Gasteiger partial charge in [-0.05, 0) is 79.9 Å². The Morgan fingerprint density at radius 1 is 0.323 bits per heavy atom. The van der Waals surface area contributed by atoms with Crippen LogP contribution in [0.3, 0.4) is 0 Å². The Morgan fingerprint density at radius 2 is 0.823 bits per heavy atom. The molecule has 3 nitrogen and oxygen atoms in total. The molecule has 1 aliphatic rings. The Balaban J connectivity index is 1.12. The third kappa shape index (κ3) is 5.76. The topological polar surface area (TPSA) is 38.7 Å². The largest absolute Gasteiger partial charge is 0.208 e. The second kappa shape index (κ2) is 14.7. The standard InChI is InChI=1S/C58H37N3S/c1-5-19-38(20-6-1)40-35-41(45-29-17-30-47-46-27-14-16-34-52(46)62-54(45)47)37-42(36-40)56-59-55(39-21-7-2-8-22-39)60-57(61-56)49-31-18-33-51-53(49)48-28-13-15-32-50(48)58(51,43-23-9-3-10-24-43)44-25-11-4-12-26-44/h1-37H. The minimum Gasteiger partial charge on any atom is -0.208 e. The molecule has 0 fully saturated rings. The van der Waals surface area contributed by atoms with Gasteiger partial charge in [0.1, 0.15) is 0 Å². The van der Waals surface area contributed by atoms with Gasteiger partial charge in [0.15, 0.2) is 17.5 Å². The van der Waals surface area contributed by atoms with E-state index in [1.165, 1.54) is 53.6 Å². The van der Waals surface area contributed by atoms with Gasteiger partial charge < -0.3 is 0 Å². The van der Waals surface area contributed by atoms with E-state index < -0.39 is 5.41 Å². The van der Waals surface area contributed by atoms with E-state index in [4.69, 9.17) is 15.0 Å². The smallest absolute Gasteiger partial charge is 0.164 e. The summed E-state index contributed by atoms with van der Waals surface area (Å²) in [6.45, 7) is 0. The molecule has 2 aromatic heterocycles. The van der Waals surface area contributed by atoms with Gasteiger partial charge in [0, 0.05) is 36.9 Å². The van der Waals surface area contributed by atoms with Gasteiger partial charge in [-0.25, -0.2) is 15.0 Å². The lowest BCUT2D eigenvalue weighted by molar-refractivity contribution is 0.768. The van der Waals surface area contributed by atoms with E-state index in [1.807, 2.05) is 29.5 Å². The van der Waals surface area contributed by atoms with Gasteiger partial charge in [-0.2, -0.15) is 0 Å².